The topological polar surface area (TPSA) is 83.0 Å². The van der Waals surface area contributed by atoms with E-state index in [4.69, 9.17) is 0 Å². The van der Waals surface area contributed by atoms with Crippen LogP contribution in [0, 0.1) is 5.82 Å². The predicted molar refractivity (Wildman–Crippen MR) is 106 cm³/mol. The number of benzene rings is 1. The standard InChI is InChI=1S/C21H22FN5O2/c22-16-5-1-2-6-17(16)23-21(29)19-13-18(24-25-19)15-7-11-27(12-8-15)20(28)14-26-9-3-4-10-26/h1-6,9-10,13,15H,7-8,11-12,14H2,(H,23,29)(H,24,25). The monoisotopic (exact) mass is 395 g/mol. The number of aromatic amines is 1. The summed E-state index contributed by atoms with van der Waals surface area (Å²) in [5.74, 6) is -0.646. The molecule has 0 bridgehead atoms. The summed E-state index contributed by atoms with van der Waals surface area (Å²) in [7, 11) is 0. The second-order valence-electron chi connectivity index (χ2n) is 7.15. The van der Waals surface area contributed by atoms with Crippen LogP contribution in [0.1, 0.15) is 34.9 Å². The minimum absolute atomic E-state index is 0.106. The Morgan fingerprint density at radius 3 is 2.59 bits per heavy atom. The number of rotatable bonds is 5. The normalized spacial score (nSPS) is 14.7. The lowest BCUT2D eigenvalue weighted by Crippen LogP contribution is -2.39. The molecule has 8 heteroatoms. The minimum Gasteiger partial charge on any atom is -0.345 e. The first-order valence-corrected chi connectivity index (χ1v) is 9.60. The molecule has 3 heterocycles. The summed E-state index contributed by atoms with van der Waals surface area (Å²) in [6.45, 7) is 1.68. The van der Waals surface area contributed by atoms with Crippen molar-refractivity contribution in [2.45, 2.75) is 25.3 Å². The van der Waals surface area contributed by atoms with Crippen molar-refractivity contribution < 1.29 is 14.0 Å². The molecule has 0 unspecified atom stereocenters. The Kier molecular flexibility index (Phi) is 5.41. The molecule has 0 spiro atoms. The van der Waals surface area contributed by atoms with Crippen LogP contribution in [0.4, 0.5) is 10.1 Å². The number of nitrogens with one attached hydrogen (secondary N) is 2. The lowest BCUT2D eigenvalue weighted by molar-refractivity contribution is -0.132. The third-order valence-electron chi connectivity index (χ3n) is 5.22. The summed E-state index contributed by atoms with van der Waals surface area (Å²) in [5.41, 5.74) is 1.20. The number of carbonyl (C=O) groups is 2. The molecular formula is C21H22FN5O2. The molecule has 3 aromatic rings. The summed E-state index contributed by atoms with van der Waals surface area (Å²) in [5, 5.41) is 9.54. The molecule has 4 rings (SSSR count). The first kappa shape index (κ1) is 18.9. The van der Waals surface area contributed by atoms with E-state index in [2.05, 4.69) is 15.5 Å². The van der Waals surface area contributed by atoms with E-state index in [1.807, 2.05) is 34.0 Å². The first-order chi connectivity index (χ1) is 14.1. The van der Waals surface area contributed by atoms with Crippen LogP contribution in [0.25, 0.3) is 0 Å². The first-order valence-electron chi connectivity index (χ1n) is 9.60. The van der Waals surface area contributed by atoms with E-state index in [1.165, 1.54) is 12.1 Å². The third kappa shape index (κ3) is 4.37. The molecule has 1 aromatic carbocycles. The number of amides is 2. The van der Waals surface area contributed by atoms with Gasteiger partial charge in [-0.2, -0.15) is 5.10 Å². The molecule has 0 radical (unpaired) electrons. The van der Waals surface area contributed by atoms with Crippen molar-refractivity contribution in [3.63, 3.8) is 0 Å². The summed E-state index contributed by atoms with van der Waals surface area (Å²) in [6.07, 6.45) is 5.36. The van der Waals surface area contributed by atoms with Gasteiger partial charge in [-0.05, 0) is 43.2 Å². The zero-order valence-corrected chi connectivity index (χ0v) is 15.8. The number of anilines is 1. The smallest absolute Gasteiger partial charge is 0.276 e. The maximum atomic E-state index is 13.7. The van der Waals surface area contributed by atoms with Crippen LogP contribution in [0.3, 0.4) is 0 Å². The Bertz CT molecular complexity index is 990. The average molecular weight is 395 g/mol. The second-order valence-corrected chi connectivity index (χ2v) is 7.15. The minimum atomic E-state index is -0.492. The van der Waals surface area contributed by atoms with E-state index in [-0.39, 0.29) is 23.2 Å². The van der Waals surface area contributed by atoms with Gasteiger partial charge in [-0.1, -0.05) is 12.1 Å². The number of nitrogens with zero attached hydrogens (tertiary/aromatic N) is 3. The average Bonchev–Trinajstić information content (AvgIpc) is 3.42. The predicted octanol–water partition coefficient (Wildman–Crippen LogP) is 3.01. The molecular weight excluding hydrogens is 373 g/mol. The summed E-state index contributed by atoms with van der Waals surface area (Å²) in [4.78, 5) is 26.6. The number of halogens is 1. The summed E-state index contributed by atoms with van der Waals surface area (Å²) >= 11 is 0. The molecule has 0 saturated carbocycles. The number of likely N-dealkylation sites (tertiary alicyclic amines) is 1. The van der Waals surface area contributed by atoms with Crippen molar-refractivity contribution in [1.82, 2.24) is 19.7 Å². The number of piperidine rings is 1. The van der Waals surface area contributed by atoms with Crippen LogP contribution >= 0.6 is 0 Å². The SMILES string of the molecule is O=C(Nc1ccccc1F)c1cc(C2CCN(C(=O)Cn3cccc3)CC2)[nH]n1. The quantitative estimate of drug-likeness (QED) is 0.697. The molecule has 7 nitrogen and oxygen atoms in total. The van der Waals surface area contributed by atoms with E-state index >= 15 is 0 Å². The highest BCUT2D eigenvalue weighted by Gasteiger charge is 2.26. The second kappa shape index (κ2) is 8.30. The van der Waals surface area contributed by atoms with Gasteiger partial charge in [0.2, 0.25) is 5.91 Å². The van der Waals surface area contributed by atoms with Gasteiger partial charge in [-0.3, -0.25) is 14.7 Å². The van der Waals surface area contributed by atoms with Crippen LogP contribution in [0.15, 0.2) is 54.9 Å². The molecule has 0 aliphatic carbocycles. The van der Waals surface area contributed by atoms with Gasteiger partial charge in [0.25, 0.3) is 5.91 Å². The number of hydrogen-bond acceptors (Lipinski definition) is 3. The van der Waals surface area contributed by atoms with Gasteiger partial charge in [0.15, 0.2) is 5.69 Å². The molecule has 1 fully saturated rings. The Morgan fingerprint density at radius 1 is 1.14 bits per heavy atom. The molecule has 2 amide bonds. The Labute approximate surface area is 167 Å². The van der Waals surface area contributed by atoms with Crippen LogP contribution in [0.5, 0.6) is 0 Å². The Morgan fingerprint density at radius 2 is 1.86 bits per heavy atom. The fourth-order valence-electron chi connectivity index (χ4n) is 3.58. The van der Waals surface area contributed by atoms with Crippen molar-refractivity contribution in [3.05, 3.63) is 72.1 Å². The number of hydrogen-bond donors (Lipinski definition) is 2. The number of carbonyl (C=O) groups excluding carboxylic acids is 2. The number of para-hydroxylation sites is 1. The Hall–Kier alpha value is -3.42. The Balaban J connectivity index is 1.33. The lowest BCUT2D eigenvalue weighted by Gasteiger charge is -2.31. The third-order valence-corrected chi connectivity index (χ3v) is 5.22. The van der Waals surface area contributed by atoms with Crippen LogP contribution in [-0.2, 0) is 11.3 Å². The molecule has 1 aliphatic rings. The highest BCUT2D eigenvalue weighted by Crippen LogP contribution is 2.27. The van der Waals surface area contributed by atoms with E-state index in [0.717, 1.165) is 18.5 Å². The van der Waals surface area contributed by atoms with Gasteiger partial charge in [-0.25, -0.2) is 4.39 Å². The van der Waals surface area contributed by atoms with Crippen molar-refractivity contribution in [3.8, 4) is 0 Å². The molecule has 2 aromatic heterocycles. The van der Waals surface area contributed by atoms with Gasteiger partial charge in [0.05, 0.1) is 5.69 Å². The zero-order chi connectivity index (χ0) is 20.2. The van der Waals surface area contributed by atoms with Crippen LogP contribution in [-0.4, -0.2) is 44.6 Å². The molecule has 29 heavy (non-hydrogen) atoms. The highest BCUT2D eigenvalue weighted by molar-refractivity contribution is 6.02. The summed E-state index contributed by atoms with van der Waals surface area (Å²) < 4.78 is 15.6. The van der Waals surface area contributed by atoms with Gasteiger partial charge >= 0.3 is 0 Å². The van der Waals surface area contributed by atoms with Crippen molar-refractivity contribution in [2.24, 2.45) is 0 Å². The molecule has 0 atom stereocenters. The maximum Gasteiger partial charge on any atom is 0.276 e. The van der Waals surface area contributed by atoms with Gasteiger partial charge in [0.1, 0.15) is 12.4 Å². The van der Waals surface area contributed by atoms with E-state index in [0.29, 0.717) is 19.6 Å². The van der Waals surface area contributed by atoms with Crippen molar-refractivity contribution in [2.75, 3.05) is 18.4 Å². The molecule has 1 aliphatic heterocycles. The van der Waals surface area contributed by atoms with Crippen molar-refractivity contribution >= 4 is 17.5 Å². The number of H-pyrrole nitrogens is 1. The van der Waals surface area contributed by atoms with Crippen LogP contribution in [0.2, 0.25) is 0 Å². The van der Waals surface area contributed by atoms with E-state index in [9.17, 15) is 14.0 Å². The van der Waals surface area contributed by atoms with Crippen molar-refractivity contribution in [1.29, 1.82) is 0 Å². The van der Waals surface area contributed by atoms with Gasteiger partial charge in [-0.15, -0.1) is 0 Å². The fourth-order valence-corrected chi connectivity index (χ4v) is 3.58. The number of aromatic nitrogens is 3. The van der Waals surface area contributed by atoms with Gasteiger partial charge < -0.3 is 14.8 Å². The largest absolute Gasteiger partial charge is 0.345 e. The molecule has 1 saturated heterocycles. The lowest BCUT2D eigenvalue weighted by atomic mass is 9.93. The zero-order valence-electron chi connectivity index (χ0n) is 15.8. The van der Waals surface area contributed by atoms with E-state index in [1.54, 1.807) is 18.2 Å². The molecule has 150 valence electrons. The maximum absolute atomic E-state index is 13.7. The highest BCUT2D eigenvalue weighted by atomic mass is 19.1. The molecule has 2 N–H and O–H groups in total. The van der Waals surface area contributed by atoms with E-state index < -0.39 is 11.7 Å². The van der Waals surface area contributed by atoms with Crippen LogP contribution < -0.4 is 5.32 Å². The van der Waals surface area contributed by atoms with Gasteiger partial charge in [0, 0.05) is 37.1 Å². The fraction of sp³-hybridized carbons (Fsp3) is 0.286. The summed E-state index contributed by atoms with van der Waals surface area (Å²) in [6, 6.07) is 11.5.